The summed E-state index contributed by atoms with van der Waals surface area (Å²) in [6.45, 7) is 0. The molecule has 2 N–H and O–H groups in total. The fourth-order valence-electron chi connectivity index (χ4n) is 2.17. The van der Waals surface area contributed by atoms with Crippen LogP contribution in [0.5, 0.6) is 0 Å². The van der Waals surface area contributed by atoms with Gasteiger partial charge in [-0.2, -0.15) is 5.10 Å². The van der Waals surface area contributed by atoms with Gasteiger partial charge in [-0.3, -0.25) is 20.0 Å². The van der Waals surface area contributed by atoms with Crippen LogP contribution in [0, 0.1) is 10.1 Å². The first-order valence-electron chi connectivity index (χ1n) is 7.11. The minimum Gasteiger partial charge on any atom is -0.319 e. The Bertz CT molecular complexity index is 982. The van der Waals surface area contributed by atoms with E-state index < -0.39 is 10.8 Å². The van der Waals surface area contributed by atoms with E-state index in [2.05, 4.69) is 47.4 Å². The van der Waals surface area contributed by atoms with Gasteiger partial charge in [0.25, 0.3) is 11.6 Å². The van der Waals surface area contributed by atoms with Crippen LogP contribution in [0.15, 0.2) is 51.4 Å². The monoisotopic (exact) mass is 498 g/mol. The van der Waals surface area contributed by atoms with Crippen LogP contribution in [0.1, 0.15) is 10.5 Å². The predicted octanol–water partition coefficient (Wildman–Crippen LogP) is 5.42. The zero-order valence-electron chi connectivity index (χ0n) is 12.8. The summed E-state index contributed by atoms with van der Waals surface area (Å²) in [7, 11) is 0. The summed E-state index contributed by atoms with van der Waals surface area (Å²) in [6, 6.07) is 11.3. The third kappa shape index (κ3) is 3.95. The molecule has 0 fully saturated rings. The molecule has 0 bridgehead atoms. The van der Waals surface area contributed by atoms with E-state index in [0.717, 1.165) is 5.56 Å². The topological polar surface area (TPSA) is 101 Å². The Morgan fingerprint density at radius 3 is 2.35 bits per heavy atom. The van der Waals surface area contributed by atoms with Gasteiger partial charge in [-0.05, 0) is 50.1 Å². The molecular weight excluding hydrogens is 491 g/mol. The van der Waals surface area contributed by atoms with E-state index in [9.17, 15) is 14.9 Å². The number of aromatic nitrogens is 2. The van der Waals surface area contributed by atoms with E-state index in [1.807, 2.05) is 0 Å². The van der Waals surface area contributed by atoms with Crippen molar-refractivity contribution in [3.05, 3.63) is 72.2 Å². The molecule has 0 saturated carbocycles. The molecule has 2 aromatic carbocycles. The minimum atomic E-state index is -0.519. The van der Waals surface area contributed by atoms with Gasteiger partial charge in [-0.15, -0.1) is 0 Å². The number of anilines is 1. The van der Waals surface area contributed by atoms with Crippen LogP contribution in [0.2, 0.25) is 5.02 Å². The van der Waals surface area contributed by atoms with Gasteiger partial charge < -0.3 is 5.32 Å². The molecule has 0 atom stereocenters. The molecular formula is C16H9Br2ClN4O3. The van der Waals surface area contributed by atoms with Crippen molar-refractivity contribution in [3.8, 4) is 11.3 Å². The smallest absolute Gasteiger partial charge is 0.273 e. The van der Waals surface area contributed by atoms with Crippen molar-refractivity contribution >= 4 is 60.7 Å². The molecule has 0 radical (unpaired) electrons. The average Bonchev–Trinajstić information content (AvgIpc) is 3.08. The summed E-state index contributed by atoms with van der Waals surface area (Å²) in [4.78, 5) is 22.8. The Morgan fingerprint density at radius 2 is 1.77 bits per heavy atom. The maximum atomic E-state index is 12.5. The van der Waals surface area contributed by atoms with Crippen molar-refractivity contribution in [2.24, 2.45) is 0 Å². The molecule has 0 aliphatic heterocycles. The Kier molecular flexibility index (Phi) is 5.40. The molecule has 1 heterocycles. The number of aromatic amines is 1. The fourth-order valence-corrected chi connectivity index (χ4v) is 3.66. The summed E-state index contributed by atoms with van der Waals surface area (Å²) >= 11 is 12.3. The van der Waals surface area contributed by atoms with Crippen molar-refractivity contribution in [2.45, 2.75) is 0 Å². The standard InChI is InChI=1S/C16H9Br2ClN4O3/c17-11-5-10(23(25)26)6-12(18)15(11)20-16(24)14-7-13(21-22-14)8-1-3-9(19)4-2-8/h1-7H,(H,20,24)(H,21,22). The highest BCUT2D eigenvalue weighted by molar-refractivity contribution is 9.11. The number of hydrogen-bond donors (Lipinski definition) is 2. The lowest BCUT2D eigenvalue weighted by atomic mass is 10.1. The minimum absolute atomic E-state index is 0.103. The Balaban J connectivity index is 1.83. The second-order valence-electron chi connectivity index (χ2n) is 5.17. The largest absolute Gasteiger partial charge is 0.319 e. The van der Waals surface area contributed by atoms with Gasteiger partial charge in [0, 0.05) is 31.7 Å². The first kappa shape index (κ1) is 18.6. The zero-order valence-corrected chi connectivity index (χ0v) is 16.7. The fraction of sp³-hybridized carbons (Fsp3) is 0. The molecule has 0 aliphatic carbocycles. The lowest BCUT2D eigenvalue weighted by molar-refractivity contribution is -0.385. The van der Waals surface area contributed by atoms with Crippen molar-refractivity contribution < 1.29 is 9.72 Å². The van der Waals surface area contributed by atoms with E-state index in [4.69, 9.17) is 11.6 Å². The third-order valence-electron chi connectivity index (χ3n) is 3.44. The second kappa shape index (κ2) is 7.56. The van der Waals surface area contributed by atoms with Crippen LogP contribution in [0.4, 0.5) is 11.4 Å². The number of carbonyl (C=O) groups excluding carboxylic acids is 1. The number of H-pyrrole nitrogens is 1. The quantitative estimate of drug-likeness (QED) is 0.369. The number of nitro benzene ring substituents is 1. The molecule has 0 aliphatic rings. The molecule has 3 rings (SSSR count). The number of non-ortho nitro benzene ring substituents is 1. The summed E-state index contributed by atoms with van der Waals surface area (Å²) in [5.74, 6) is -0.437. The van der Waals surface area contributed by atoms with Gasteiger partial charge >= 0.3 is 0 Å². The van der Waals surface area contributed by atoms with Crippen LogP contribution in [0.3, 0.4) is 0 Å². The van der Waals surface area contributed by atoms with Gasteiger partial charge in [-0.25, -0.2) is 0 Å². The third-order valence-corrected chi connectivity index (χ3v) is 4.94. The Morgan fingerprint density at radius 1 is 1.15 bits per heavy atom. The normalized spacial score (nSPS) is 10.6. The molecule has 1 aromatic heterocycles. The van der Waals surface area contributed by atoms with Crippen molar-refractivity contribution in [1.29, 1.82) is 0 Å². The van der Waals surface area contributed by atoms with Gasteiger partial charge in [0.05, 0.1) is 16.3 Å². The van der Waals surface area contributed by atoms with E-state index in [0.29, 0.717) is 25.3 Å². The van der Waals surface area contributed by atoms with E-state index in [-0.39, 0.29) is 11.4 Å². The van der Waals surface area contributed by atoms with Gasteiger partial charge in [0.2, 0.25) is 0 Å². The number of nitrogens with zero attached hydrogens (tertiary/aromatic N) is 2. The number of carbonyl (C=O) groups is 1. The van der Waals surface area contributed by atoms with Crippen LogP contribution in [0.25, 0.3) is 11.3 Å². The van der Waals surface area contributed by atoms with Crippen LogP contribution < -0.4 is 5.32 Å². The number of halogens is 3. The number of benzene rings is 2. The van der Waals surface area contributed by atoms with Crippen LogP contribution >= 0.6 is 43.5 Å². The maximum Gasteiger partial charge on any atom is 0.273 e. The van der Waals surface area contributed by atoms with Crippen molar-refractivity contribution in [1.82, 2.24) is 10.2 Å². The first-order valence-corrected chi connectivity index (χ1v) is 9.07. The van der Waals surface area contributed by atoms with Crippen molar-refractivity contribution in [3.63, 3.8) is 0 Å². The summed E-state index contributed by atoms with van der Waals surface area (Å²) in [5, 5.41) is 21.0. The number of hydrogen-bond acceptors (Lipinski definition) is 4. The SMILES string of the molecule is O=C(Nc1c(Br)cc([N+](=O)[O-])cc1Br)c1cc(-c2ccc(Cl)cc2)n[nH]1. The molecule has 26 heavy (non-hydrogen) atoms. The molecule has 0 saturated heterocycles. The summed E-state index contributed by atoms with van der Waals surface area (Å²) in [6.07, 6.45) is 0. The summed E-state index contributed by atoms with van der Waals surface area (Å²) in [5.41, 5.74) is 1.92. The zero-order chi connectivity index (χ0) is 18.8. The van der Waals surface area contributed by atoms with Crippen molar-refractivity contribution in [2.75, 3.05) is 5.32 Å². The lowest BCUT2D eigenvalue weighted by Gasteiger charge is -2.08. The average molecular weight is 501 g/mol. The van der Waals surface area contributed by atoms with Crippen LogP contribution in [-0.4, -0.2) is 21.0 Å². The molecule has 0 spiro atoms. The highest BCUT2D eigenvalue weighted by Gasteiger charge is 2.18. The van der Waals surface area contributed by atoms with Crippen LogP contribution in [-0.2, 0) is 0 Å². The summed E-state index contributed by atoms with van der Waals surface area (Å²) < 4.78 is 0.758. The number of nitro groups is 1. The molecule has 7 nitrogen and oxygen atoms in total. The number of nitrogens with one attached hydrogen (secondary N) is 2. The Labute approximate surface area is 169 Å². The Hall–Kier alpha value is -2.23. The van der Waals surface area contributed by atoms with E-state index in [1.54, 1.807) is 30.3 Å². The van der Waals surface area contributed by atoms with Gasteiger partial charge in [0.1, 0.15) is 5.69 Å². The highest BCUT2D eigenvalue weighted by Crippen LogP contribution is 2.35. The molecule has 1 amide bonds. The lowest BCUT2D eigenvalue weighted by Crippen LogP contribution is -2.13. The second-order valence-corrected chi connectivity index (χ2v) is 7.31. The molecule has 132 valence electrons. The molecule has 0 unspecified atom stereocenters. The molecule has 3 aromatic rings. The van der Waals surface area contributed by atoms with E-state index >= 15 is 0 Å². The molecule has 10 heteroatoms. The number of rotatable bonds is 4. The van der Waals surface area contributed by atoms with E-state index in [1.165, 1.54) is 12.1 Å². The maximum absolute atomic E-state index is 12.5. The predicted molar refractivity (Wildman–Crippen MR) is 105 cm³/mol. The van der Waals surface area contributed by atoms with Gasteiger partial charge in [-0.1, -0.05) is 23.7 Å². The number of amides is 1. The van der Waals surface area contributed by atoms with Gasteiger partial charge in [0.15, 0.2) is 0 Å². The first-order chi connectivity index (χ1) is 12.3. The highest BCUT2D eigenvalue weighted by atomic mass is 79.9.